The fraction of sp³-hybridized carbons (Fsp3) is 0.0909. The summed E-state index contributed by atoms with van der Waals surface area (Å²) >= 11 is 0. The van der Waals surface area contributed by atoms with Gasteiger partial charge in [0.05, 0.1) is 11.9 Å². The lowest BCUT2D eigenvalue weighted by atomic mass is 9.99. The van der Waals surface area contributed by atoms with E-state index in [0.29, 0.717) is 0 Å². The van der Waals surface area contributed by atoms with E-state index in [4.69, 9.17) is 0 Å². The number of allylic oxidation sites excluding steroid dienone is 5. The SMILES string of the molecule is C=C/C=C\C=C(/C)c1cc(=O)n(C)cc1-c1cnn(-c2ccccc2)c1. The Morgan fingerprint density at radius 1 is 1.15 bits per heavy atom. The summed E-state index contributed by atoms with van der Waals surface area (Å²) in [6.45, 7) is 5.67. The van der Waals surface area contributed by atoms with E-state index in [1.54, 1.807) is 23.8 Å². The van der Waals surface area contributed by atoms with Crippen molar-refractivity contribution in [1.82, 2.24) is 14.3 Å². The zero-order valence-electron chi connectivity index (χ0n) is 15.0. The van der Waals surface area contributed by atoms with E-state index in [1.165, 1.54) is 0 Å². The molecule has 0 radical (unpaired) electrons. The van der Waals surface area contributed by atoms with Crippen LogP contribution >= 0.6 is 0 Å². The van der Waals surface area contributed by atoms with Gasteiger partial charge in [0.2, 0.25) is 0 Å². The molecular weight excluding hydrogens is 322 g/mol. The van der Waals surface area contributed by atoms with Crippen molar-refractivity contribution in [1.29, 1.82) is 0 Å². The average molecular weight is 343 g/mol. The molecule has 0 aliphatic rings. The molecule has 1 aromatic carbocycles. The third-order valence-electron chi connectivity index (χ3n) is 4.16. The predicted molar refractivity (Wildman–Crippen MR) is 107 cm³/mol. The number of para-hydroxylation sites is 1. The molecule has 0 aliphatic carbocycles. The Hall–Kier alpha value is -3.40. The fourth-order valence-corrected chi connectivity index (χ4v) is 2.74. The van der Waals surface area contributed by atoms with Crippen LogP contribution in [0.1, 0.15) is 12.5 Å². The van der Waals surface area contributed by atoms with Gasteiger partial charge in [-0.05, 0) is 30.2 Å². The van der Waals surface area contributed by atoms with Crippen molar-refractivity contribution < 1.29 is 0 Å². The topological polar surface area (TPSA) is 39.8 Å². The number of pyridine rings is 1. The molecule has 0 unspecified atom stereocenters. The van der Waals surface area contributed by atoms with Crippen LogP contribution in [-0.2, 0) is 7.05 Å². The molecule has 3 aromatic rings. The van der Waals surface area contributed by atoms with Crippen molar-refractivity contribution in [3.63, 3.8) is 0 Å². The minimum atomic E-state index is -0.0420. The molecule has 4 nitrogen and oxygen atoms in total. The van der Waals surface area contributed by atoms with Crippen LogP contribution in [0.5, 0.6) is 0 Å². The molecular formula is C22H21N3O. The van der Waals surface area contributed by atoms with E-state index in [1.807, 2.05) is 78.8 Å². The highest BCUT2D eigenvalue weighted by Gasteiger charge is 2.12. The maximum absolute atomic E-state index is 12.2. The monoisotopic (exact) mass is 343 g/mol. The van der Waals surface area contributed by atoms with Gasteiger partial charge in [0, 0.05) is 36.6 Å². The second kappa shape index (κ2) is 7.66. The van der Waals surface area contributed by atoms with Gasteiger partial charge in [-0.3, -0.25) is 4.79 Å². The minimum Gasteiger partial charge on any atom is -0.318 e. The average Bonchev–Trinajstić information content (AvgIpc) is 3.14. The van der Waals surface area contributed by atoms with Crippen molar-refractivity contribution in [2.45, 2.75) is 6.92 Å². The highest BCUT2D eigenvalue weighted by atomic mass is 16.1. The molecule has 0 atom stereocenters. The van der Waals surface area contributed by atoms with Crippen molar-refractivity contribution in [2.24, 2.45) is 7.05 Å². The molecule has 0 N–H and O–H groups in total. The number of benzene rings is 1. The zero-order chi connectivity index (χ0) is 18.5. The molecule has 0 saturated carbocycles. The molecule has 3 rings (SSSR count). The molecule has 0 saturated heterocycles. The van der Waals surface area contributed by atoms with E-state index >= 15 is 0 Å². The van der Waals surface area contributed by atoms with E-state index in [2.05, 4.69) is 11.7 Å². The summed E-state index contributed by atoms with van der Waals surface area (Å²) in [5, 5.41) is 4.47. The Bertz CT molecular complexity index is 1040. The van der Waals surface area contributed by atoms with Crippen molar-refractivity contribution in [3.8, 4) is 16.8 Å². The Morgan fingerprint density at radius 2 is 1.92 bits per heavy atom. The van der Waals surface area contributed by atoms with Gasteiger partial charge in [0.1, 0.15) is 0 Å². The summed E-state index contributed by atoms with van der Waals surface area (Å²) < 4.78 is 3.42. The molecule has 0 fully saturated rings. The van der Waals surface area contributed by atoms with Crippen LogP contribution in [0.15, 0.2) is 90.7 Å². The third-order valence-corrected chi connectivity index (χ3v) is 4.16. The first-order chi connectivity index (χ1) is 12.6. The normalized spacial score (nSPS) is 11.8. The minimum absolute atomic E-state index is 0.0420. The fourth-order valence-electron chi connectivity index (χ4n) is 2.74. The number of rotatable bonds is 5. The number of nitrogens with zero attached hydrogens (tertiary/aromatic N) is 3. The van der Waals surface area contributed by atoms with Gasteiger partial charge < -0.3 is 4.57 Å². The zero-order valence-corrected chi connectivity index (χ0v) is 15.0. The summed E-state index contributed by atoms with van der Waals surface area (Å²) in [5.74, 6) is 0. The molecule has 2 aromatic heterocycles. The predicted octanol–water partition coefficient (Wildman–Crippen LogP) is 4.38. The van der Waals surface area contributed by atoms with Gasteiger partial charge in [0.15, 0.2) is 0 Å². The highest BCUT2D eigenvalue weighted by Crippen LogP contribution is 2.28. The van der Waals surface area contributed by atoms with E-state index in [0.717, 1.165) is 28.0 Å². The molecule has 0 bridgehead atoms. The molecule has 0 spiro atoms. The Labute approximate surface area is 153 Å². The van der Waals surface area contributed by atoms with Gasteiger partial charge in [-0.15, -0.1) is 0 Å². The van der Waals surface area contributed by atoms with Crippen molar-refractivity contribution in [3.05, 3.63) is 102 Å². The second-order valence-corrected chi connectivity index (χ2v) is 6.03. The first-order valence-corrected chi connectivity index (χ1v) is 8.37. The maximum atomic E-state index is 12.2. The van der Waals surface area contributed by atoms with Crippen LogP contribution in [0.4, 0.5) is 0 Å². The van der Waals surface area contributed by atoms with Crippen LogP contribution in [-0.4, -0.2) is 14.3 Å². The summed E-state index contributed by atoms with van der Waals surface area (Å²) in [7, 11) is 1.76. The highest BCUT2D eigenvalue weighted by molar-refractivity contribution is 5.80. The molecule has 0 aliphatic heterocycles. The van der Waals surface area contributed by atoms with E-state index in [9.17, 15) is 4.79 Å². The third kappa shape index (κ3) is 3.64. The van der Waals surface area contributed by atoms with Gasteiger partial charge in [-0.2, -0.15) is 5.10 Å². The lowest BCUT2D eigenvalue weighted by molar-refractivity contribution is 0.860. The van der Waals surface area contributed by atoms with Crippen LogP contribution in [0, 0.1) is 0 Å². The molecule has 2 heterocycles. The molecule has 26 heavy (non-hydrogen) atoms. The largest absolute Gasteiger partial charge is 0.318 e. The quantitative estimate of drug-likeness (QED) is 0.645. The Balaban J connectivity index is 2.10. The van der Waals surface area contributed by atoms with Crippen LogP contribution in [0.25, 0.3) is 22.4 Å². The standard InChI is InChI=1S/C22H21N3O/c1-4-5-7-10-17(2)20-13-22(26)24(3)16-21(20)18-14-23-25(15-18)19-11-8-6-9-12-19/h4-16H,1H2,2-3H3/b7-5-,17-10+. The van der Waals surface area contributed by atoms with E-state index < -0.39 is 0 Å². The summed E-state index contributed by atoms with van der Waals surface area (Å²) in [4.78, 5) is 12.2. The molecule has 130 valence electrons. The number of aryl methyl sites for hydroxylation is 1. The molecule has 4 heteroatoms. The van der Waals surface area contributed by atoms with Crippen LogP contribution in [0.2, 0.25) is 0 Å². The van der Waals surface area contributed by atoms with E-state index in [-0.39, 0.29) is 5.56 Å². The van der Waals surface area contributed by atoms with Gasteiger partial charge in [-0.25, -0.2) is 4.68 Å². The lowest BCUT2D eigenvalue weighted by Gasteiger charge is -2.10. The summed E-state index contributed by atoms with van der Waals surface area (Å²) in [6, 6.07) is 11.6. The van der Waals surface area contributed by atoms with Gasteiger partial charge in [0.25, 0.3) is 5.56 Å². The molecule has 0 amide bonds. The Kier molecular flexibility index (Phi) is 5.13. The van der Waals surface area contributed by atoms with Gasteiger partial charge >= 0.3 is 0 Å². The first kappa shape index (κ1) is 17.4. The van der Waals surface area contributed by atoms with Gasteiger partial charge in [-0.1, -0.05) is 49.1 Å². The summed E-state index contributed by atoms with van der Waals surface area (Å²) in [6.07, 6.45) is 13.1. The smallest absolute Gasteiger partial charge is 0.250 e. The van der Waals surface area contributed by atoms with Crippen molar-refractivity contribution in [2.75, 3.05) is 0 Å². The van der Waals surface area contributed by atoms with Crippen LogP contribution < -0.4 is 5.56 Å². The number of hydrogen-bond acceptors (Lipinski definition) is 2. The Morgan fingerprint density at radius 3 is 2.65 bits per heavy atom. The van der Waals surface area contributed by atoms with Crippen LogP contribution in [0.3, 0.4) is 0 Å². The van der Waals surface area contributed by atoms with Crippen molar-refractivity contribution >= 4 is 5.57 Å². The number of hydrogen-bond donors (Lipinski definition) is 0. The maximum Gasteiger partial charge on any atom is 0.250 e. The summed E-state index contributed by atoms with van der Waals surface area (Å²) in [5.41, 5.74) is 4.78. The second-order valence-electron chi connectivity index (χ2n) is 6.03. The first-order valence-electron chi connectivity index (χ1n) is 8.37. The number of aromatic nitrogens is 3. The lowest BCUT2D eigenvalue weighted by Crippen LogP contribution is -2.16.